The molecule has 0 aliphatic rings. The van der Waals surface area contributed by atoms with E-state index in [2.05, 4.69) is 10.5 Å². The Bertz CT molecular complexity index is 565. The molecule has 1 aromatic heterocycles. The van der Waals surface area contributed by atoms with Gasteiger partial charge in [0.2, 0.25) is 0 Å². The van der Waals surface area contributed by atoms with Gasteiger partial charge in [-0.1, -0.05) is 12.1 Å². The minimum Gasteiger partial charge on any atom is -0.271 e. The molecule has 1 unspecified atom stereocenters. The van der Waals surface area contributed by atoms with Crippen molar-refractivity contribution in [2.24, 2.45) is 12.9 Å². The fourth-order valence-electron chi connectivity index (χ4n) is 1.98. The van der Waals surface area contributed by atoms with Crippen molar-refractivity contribution in [2.45, 2.75) is 13.0 Å². The maximum atomic E-state index is 13.8. The van der Waals surface area contributed by atoms with Gasteiger partial charge in [-0.25, -0.2) is 14.2 Å². The molecule has 6 heteroatoms. The van der Waals surface area contributed by atoms with Gasteiger partial charge in [-0.05, 0) is 19.1 Å². The van der Waals surface area contributed by atoms with Crippen LogP contribution in [-0.4, -0.2) is 9.78 Å². The number of hydrogen-bond donors (Lipinski definition) is 2. The van der Waals surface area contributed by atoms with Gasteiger partial charge in [-0.2, -0.15) is 5.10 Å². The minimum absolute atomic E-state index is 0.153. The summed E-state index contributed by atoms with van der Waals surface area (Å²) in [5.74, 6) is 3.65. The number of hydrazine groups is 1. The third-order valence-electron chi connectivity index (χ3n) is 2.79. The maximum Gasteiger partial charge on any atom is 0.164 e. The molecule has 0 aliphatic heterocycles. The van der Waals surface area contributed by atoms with Crippen LogP contribution in [0.25, 0.3) is 0 Å². The smallest absolute Gasteiger partial charge is 0.164 e. The van der Waals surface area contributed by atoms with Crippen LogP contribution in [0.5, 0.6) is 0 Å². The van der Waals surface area contributed by atoms with E-state index >= 15 is 0 Å². The summed E-state index contributed by atoms with van der Waals surface area (Å²) in [7, 11) is 1.73. The Balaban J connectivity index is 2.52. The van der Waals surface area contributed by atoms with E-state index in [-0.39, 0.29) is 5.56 Å². The van der Waals surface area contributed by atoms with Crippen LogP contribution in [0.2, 0.25) is 0 Å². The molecule has 0 aliphatic carbocycles. The van der Waals surface area contributed by atoms with Crippen LogP contribution < -0.4 is 11.3 Å². The molecule has 0 bridgehead atoms. The number of rotatable bonds is 3. The highest BCUT2D eigenvalue weighted by Crippen LogP contribution is 2.25. The van der Waals surface area contributed by atoms with E-state index in [9.17, 15) is 8.78 Å². The van der Waals surface area contributed by atoms with Crippen LogP contribution in [0.4, 0.5) is 8.78 Å². The van der Waals surface area contributed by atoms with Gasteiger partial charge in [-0.3, -0.25) is 10.5 Å². The first kappa shape index (κ1) is 12.7. The van der Waals surface area contributed by atoms with Crippen LogP contribution in [0.3, 0.4) is 0 Å². The molecule has 2 aromatic rings. The highest BCUT2D eigenvalue weighted by molar-refractivity contribution is 5.30. The predicted octanol–water partition coefficient (Wildman–Crippen LogP) is 1.56. The number of aromatic nitrogens is 2. The van der Waals surface area contributed by atoms with Gasteiger partial charge in [0.25, 0.3) is 0 Å². The summed E-state index contributed by atoms with van der Waals surface area (Å²) in [5, 5.41) is 4.16. The lowest BCUT2D eigenvalue weighted by Gasteiger charge is -2.17. The summed E-state index contributed by atoms with van der Waals surface area (Å²) in [6, 6.07) is 5.13. The van der Waals surface area contributed by atoms with Crippen molar-refractivity contribution < 1.29 is 8.78 Å². The van der Waals surface area contributed by atoms with E-state index in [0.29, 0.717) is 5.69 Å². The molecular weight excluding hydrogens is 238 g/mol. The molecule has 18 heavy (non-hydrogen) atoms. The lowest BCUT2D eigenvalue weighted by molar-refractivity contribution is 0.476. The largest absolute Gasteiger partial charge is 0.271 e. The molecule has 4 nitrogen and oxygen atoms in total. The third-order valence-corrected chi connectivity index (χ3v) is 2.79. The van der Waals surface area contributed by atoms with Crippen molar-refractivity contribution in [3.05, 3.63) is 52.9 Å². The highest BCUT2D eigenvalue weighted by atomic mass is 19.2. The van der Waals surface area contributed by atoms with E-state index in [0.717, 1.165) is 11.8 Å². The van der Waals surface area contributed by atoms with Gasteiger partial charge >= 0.3 is 0 Å². The number of nitrogens with zero attached hydrogens (tertiary/aromatic N) is 2. The first-order valence-electron chi connectivity index (χ1n) is 5.45. The van der Waals surface area contributed by atoms with E-state index in [1.54, 1.807) is 17.8 Å². The lowest BCUT2D eigenvalue weighted by atomic mass is 10.0. The highest BCUT2D eigenvalue weighted by Gasteiger charge is 2.21. The average molecular weight is 252 g/mol. The quantitative estimate of drug-likeness (QED) is 0.644. The second kappa shape index (κ2) is 4.83. The molecule has 0 saturated heterocycles. The predicted molar refractivity (Wildman–Crippen MR) is 63.5 cm³/mol. The molecule has 1 atom stereocenters. The lowest BCUT2D eigenvalue weighted by Crippen LogP contribution is -2.31. The minimum atomic E-state index is -0.903. The van der Waals surface area contributed by atoms with Crippen LogP contribution in [0.15, 0.2) is 24.3 Å². The third kappa shape index (κ3) is 2.12. The fraction of sp³-hybridized carbons (Fsp3) is 0.250. The summed E-state index contributed by atoms with van der Waals surface area (Å²) in [6.45, 7) is 1.82. The Kier molecular flexibility index (Phi) is 3.40. The second-order valence-electron chi connectivity index (χ2n) is 4.08. The van der Waals surface area contributed by atoms with Gasteiger partial charge in [0.15, 0.2) is 11.6 Å². The SMILES string of the molecule is Cc1cc(C(NN)c2cccc(F)c2F)n(C)n1. The van der Waals surface area contributed by atoms with E-state index in [4.69, 9.17) is 5.84 Å². The summed E-state index contributed by atoms with van der Waals surface area (Å²) in [6.07, 6.45) is 0. The van der Waals surface area contributed by atoms with Crippen LogP contribution >= 0.6 is 0 Å². The number of halogens is 2. The molecule has 96 valence electrons. The number of benzene rings is 1. The molecule has 1 heterocycles. The molecule has 0 saturated carbocycles. The topological polar surface area (TPSA) is 55.9 Å². The molecule has 0 fully saturated rings. The molecule has 2 rings (SSSR count). The van der Waals surface area contributed by atoms with E-state index in [1.165, 1.54) is 12.1 Å². The second-order valence-corrected chi connectivity index (χ2v) is 4.08. The zero-order chi connectivity index (χ0) is 13.3. The fourth-order valence-corrected chi connectivity index (χ4v) is 1.98. The molecular formula is C12H14F2N4. The first-order valence-corrected chi connectivity index (χ1v) is 5.45. The van der Waals surface area contributed by atoms with Gasteiger partial charge in [0.05, 0.1) is 17.4 Å². The Morgan fingerprint density at radius 1 is 1.39 bits per heavy atom. The van der Waals surface area contributed by atoms with Crippen molar-refractivity contribution >= 4 is 0 Å². The van der Waals surface area contributed by atoms with Crippen LogP contribution in [0, 0.1) is 18.6 Å². The molecule has 0 spiro atoms. The maximum absolute atomic E-state index is 13.8. The number of aryl methyl sites for hydroxylation is 2. The van der Waals surface area contributed by atoms with Crippen LogP contribution in [0.1, 0.15) is 23.0 Å². The zero-order valence-electron chi connectivity index (χ0n) is 10.1. The first-order chi connectivity index (χ1) is 8.54. The van der Waals surface area contributed by atoms with E-state index in [1.807, 2.05) is 6.92 Å². The summed E-state index contributed by atoms with van der Waals surface area (Å²) in [4.78, 5) is 0. The summed E-state index contributed by atoms with van der Waals surface area (Å²) < 4.78 is 28.6. The van der Waals surface area contributed by atoms with Gasteiger partial charge in [0.1, 0.15) is 0 Å². The molecule has 1 aromatic carbocycles. The summed E-state index contributed by atoms with van der Waals surface area (Å²) >= 11 is 0. The molecule has 0 radical (unpaired) electrons. The Morgan fingerprint density at radius 3 is 2.67 bits per heavy atom. The summed E-state index contributed by atoms with van der Waals surface area (Å²) in [5.41, 5.74) is 4.09. The Morgan fingerprint density at radius 2 is 2.11 bits per heavy atom. The van der Waals surface area contributed by atoms with Crippen molar-refractivity contribution in [1.82, 2.24) is 15.2 Å². The number of nitrogens with two attached hydrogens (primary N) is 1. The molecule has 3 N–H and O–H groups in total. The van der Waals surface area contributed by atoms with Crippen molar-refractivity contribution in [2.75, 3.05) is 0 Å². The average Bonchev–Trinajstić information content (AvgIpc) is 2.65. The van der Waals surface area contributed by atoms with Crippen LogP contribution in [-0.2, 0) is 7.05 Å². The van der Waals surface area contributed by atoms with Gasteiger partial charge in [-0.15, -0.1) is 0 Å². The Labute approximate surface area is 103 Å². The normalized spacial score (nSPS) is 12.7. The number of hydrogen-bond acceptors (Lipinski definition) is 3. The van der Waals surface area contributed by atoms with Gasteiger partial charge in [0, 0.05) is 12.6 Å². The van der Waals surface area contributed by atoms with Crippen molar-refractivity contribution in [3.8, 4) is 0 Å². The zero-order valence-corrected chi connectivity index (χ0v) is 10.1. The van der Waals surface area contributed by atoms with Crippen molar-refractivity contribution in [1.29, 1.82) is 0 Å². The van der Waals surface area contributed by atoms with E-state index < -0.39 is 17.7 Å². The number of nitrogens with one attached hydrogen (secondary N) is 1. The van der Waals surface area contributed by atoms with Crippen molar-refractivity contribution in [3.63, 3.8) is 0 Å². The molecule has 0 amide bonds. The Hall–Kier alpha value is -1.79. The van der Waals surface area contributed by atoms with Gasteiger partial charge < -0.3 is 0 Å². The standard InChI is InChI=1S/C12H14F2N4/c1-7-6-10(18(2)17-7)12(16-15)8-4-3-5-9(13)11(8)14/h3-6,12,16H,15H2,1-2H3. The monoisotopic (exact) mass is 252 g/mol.